The minimum Gasteiger partial charge on any atom is -0.363 e. The van der Waals surface area contributed by atoms with Crippen molar-refractivity contribution in [3.63, 3.8) is 0 Å². The maximum atomic E-state index is 12.8. The van der Waals surface area contributed by atoms with E-state index in [0.29, 0.717) is 6.54 Å². The number of hydrogen-bond donors (Lipinski definition) is 1. The highest BCUT2D eigenvalue weighted by atomic mass is 19.4. The fraction of sp³-hybridized carbons (Fsp3) is 0.692. The summed E-state index contributed by atoms with van der Waals surface area (Å²) in [5.74, 6) is 0.291. The predicted molar refractivity (Wildman–Crippen MR) is 71.8 cm³/mol. The molecule has 112 valence electrons. The third-order valence-electron chi connectivity index (χ3n) is 3.79. The lowest BCUT2D eigenvalue weighted by molar-refractivity contribution is -0.141. The number of nitrogens with one attached hydrogen (secondary N) is 1. The van der Waals surface area contributed by atoms with Gasteiger partial charge in [-0.25, -0.2) is 4.98 Å². The lowest BCUT2D eigenvalue weighted by atomic mass is 10.0. The number of anilines is 2. The van der Waals surface area contributed by atoms with Crippen molar-refractivity contribution in [3.05, 3.63) is 11.8 Å². The Labute approximate surface area is 116 Å². The van der Waals surface area contributed by atoms with Crippen molar-refractivity contribution in [2.45, 2.75) is 32.4 Å². The van der Waals surface area contributed by atoms with Crippen LogP contribution in [0, 0.1) is 5.41 Å². The zero-order valence-electron chi connectivity index (χ0n) is 11.9. The summed E-state index contributed by atoms with van der Waals surface area (Å²) in [6, 6.07) is 0.956. The molecule has 1 aliphatic carbocycles. The van der Waals surface area contributed by atoms with Gasteiger partial charge in [0.05, 0.1) is 0 Å². The van der Waals surface area contributed by atoms with Gasteiger partial charge in [-0.2, -0.15) is 18.2 Å². The number of rotatable bonds is 5. The number of nitrogens with zero attached hydrogens (tertiary/aromatic N) is 3. The van der Waals surface area contributed by atoms with Gasteiger partial charge in [0.1, 0.15) is 5.82 Å². The Balaban J connectivity index is 2.21. The molecule has 0 saturated heterocycles. The molecule has 20 heavy (non-hydrogen) atoms. The number of halogens is 3. The molecular formula is C13H19F3N4. The van der Waals surface area contributed by atoms with Gasteiger partial charge in [0.15, 0.2) is 5.69 Å². The Kier molecular flexibility index (Phi) is 3.80. The molecule has 1 aromatic heterocycles. The average Bonchev–Trinajstić information content (AvgIpc) is 3.15. The Bertz CT molecular complexity index is 481. The molecule has 0 spiro atoms. The molecule has 0 amide bonds. The summed E-state index contributed by atoms with van der Waals surface area (Å²) in [5.41, 5.74) is -0.698. The largest absolute Gasteiger partial charge is 0.433 e. The summed E-state index contributed by atoms with van der Waals surface area (Å²) in [7, 11) is 3.31. The first-order valence-electron chi connectivity index (χ1n) is 6.63. The lowest BCUT2D eigenvalue weighted by Gasteiger charge is -2.18. The van der Waals surface area contributed by atoms with E-state index < -0.39 is 11.9 Å². The van der Waals surface area contributed by atoms with Crippen molar-refractivity contribution in [1.82, 2.24) is 9.97 Å². The van der Waals surface area contributed by atoms with Crippen molar-refractivity contribution in [1.29, 1.82) is 0 Å². The molecule has 7 heteroatoms. The van der Waals surface area contributed by atoms with Crippen LogP contribution in [0.25, 0.3) is 0 Å². The second-order valence-corrected chi connectivity index (χ2v) is 5.53. The van der Waals surface area contributed by atoms with Gasteiger partial charge in [0.2, 0.25) is 5.95 Å². The molecule has 1 fully saturated rings. The van der Waals surface area contributed by atoms with Gasteiger partial charge in [-0.3, -0.25) is 0 Å². The highest BCUT2D eigenvalue weighted by Crippen LogP contribution is 2.48. The van der Waals surface area contributed by atoms with E-state index in [0.717, 1.165) is 25.3 Å². The Hall–Kier alpha value is -1.53. The number of hydrogen-bond acceptors (Lipinski definition) is 4. The summed E-state index contributed by atoms with van der Waals surface area (Å²) in [4.78, 5) is 9.23. The van der Waals surface area contributed by atoms with E-state index in [1.165, 1.54) is 4.90 Å². The second kappa shape index (κ2) is 5.10. The third-order valence-corrected chi connectivity index (χ3v) is 3.79. The zero-order chi connectivity index (χ0) is 15.0. The molecule has 0 aromatic carbocycles. The highest BCUT2D eigenvalue weighted by Gasteiger charge is 2.40. The molecule has 1 saturated carbocycles. The molecule has 2 rings (SSSR count). The standard InChI is InChI=1S/C13H19F3N4/c1-4-12(5-6-12)8-17-11-18-9(13(14,15)16)7-10(19-11)20(2)3/h7H,4-6,8H2,1-3H3,(H,17,18,19). The van der Waals surface area contributed by atoms with E-state index in [4.69, 9.17) is 0 Å². The summed E-state index contributed by atoms with van der Waals surface area (Å²) >= 11 is 0. The predicted octanol–water partition coefficient (Wildman–Crippen LogP) is 3.16. The molecule has 1 aliphatic rings. The molecule has 0 bridgehead atoms. The van der Waals surface area contributed by atoms with E-state index in [-0.39, 0.29) is 17.2 Å². The Morgan fingerprint density at radius 2 is 1.95 bits per heavy atom. The van der Waals surface area contributed by atoms with Crippen LogP contribution in [0.2, 0.25) is 0 Å². The maximum absolute atomic E-state index is 12.8. The molecule has 1 N–H and O–H groups in total. The Morgan fingerprint density at radius 3 is 2.40 bits per heavy atom. The van der Waals surface area contributed by atoms with Crippen LogP contribution in [0.4, 0.5) is 24.9 Å². The number of alkyl halides is 3. The minimum atomic E-state index is -4.47. The van der Waals surface area contributed by atoms with Crippen LogP contribution in [-0.2, 0) is 6.18 Å². The highest BCUT2D eigenvalue weighted by molar-refractivity contribution is 5.44. The first kappa shape index (κ1) is 14.9. The van der Waals surface area contributed by atoms with Gasteiger partial charge in [-0.15, -0.1) is 0 Å². The van der Waals surface area contributed by atoms with Crippen LogP contribution in [0.5, 0.6) is 0 Å². The van der Waals surface area contributed by atoms with E-state index in [9.17, 15) is 13.2 Å². The second-order valence-electron chi connectivity index (χ2n) is 5.53. The monoisotopic (exact) mass is 288 g/mol. The van der Waals surface area contributed by atoms with Crippen molar-refractivity contribution in [2.24, 2.45) is 5.41 Å². The first-order valence-corrected chi connectivity index (χ1v) is 6.63. The lowest BCUT2D eigenvalue weighted by Crippen LogP contribution is -2.20. The smallest absolute Gasteiger partial charge is 0.363 e. The molecule has 0 aliphatic heterocycles. The quantitative estimate of drug-likeness (QED) is 0.903. The summed E-state index contributed by atoms with van der Waals surface area (Å²) in [5, 5.41) is 2.96. The van der Waals surface area contributed by atoms with Crippen LogP contribution in [0.1, 0.15) is 31.9 Å². The van der Waals surface area contributed by atoms with Gasteiger partial charge in [-0.05, 0) is 24.7 Å². The Morgan fingerprint density at radius 1 is 1.30 bits per heavy atom. The molecular weight excluding hydrogens is 269 g/mol. The maximum Gasteiger partial charge on any atom is 0.433 e. The summed E-state index contributed by atoms with van der Waals surface area (Å²) in [6.45, 7) is 2.71. The normalized spacial score (nSPS) is 16.9. The van der Waals surface area contributed by atoms with Crippen LogP contribution < -0.4 is 10.2 Å². The van der Waals surface area contributed by atoms with Crippen LogP contribution in [-0.4, -0.2) is 30.6 Å². The van der Waals surface area contributed by atoms with Crippen LogP contribution in [0.15, 0.2) is 6.07 Å². The first-order chi connectivity index (χ1) is 9.26. The minimum absolute atomic E-state index is 0.0447. The molecule has 1 heterocycles. The van der Waals surface area contributed by atoms with Crippen molar-refractivity contribution < 1.29 is 13.2 Å². The van der Waals surface area contributed by atoms with Gasteiger partial charge in [-0.1, -0.05) is 6.92 Å². The van der Waals surface area contributed by atoms with E-state index in [1.54, 1.807) is 14.1 Å². The van der Waals surface area contributed by atoms with Gasteiger partial charge in [0.25, 0.3) is 0 Å². The molecule has 4 nitrogen and oxygen atoms in total. The molecule has 0 unspecified atom stereocenters. The topological polar surface area (TPSA) is 41.1 Å². The molecule has 1 aromatic rings. The van der Waals surface area contributed by atoms with Crippen LogP contribution in [0.3, 0.4) is 0 Å². The van der Waals surface area contributed by atoms with Crippen LogP contribution >= 0.6 is 0 Å². The van der Waals surface area contributed by atoms with Gasteiger partial charge in [0, 0.05) is 26.7 Å². The van der Waals surface area contributed by atoms with E-state index in [1.807, 2.05) is 0 Å². The van der Waals surface area contributed by atoms with Gasteiger partial charge < -0.3 is 10.2 Å². The van der Waals surface area contributed by atoms with E-state index >= 15 is 0 Å². The summed E-state index contributed by atoms with van der Waals surface area (Å²) in [6.07, 6.45) is -1.24. The van der Waals surface area contributed by atoms with Crippen molar-refractivity contribution >= 4 is 11.8 Å². The molecule has 0 atom stereocenters. The fourth-order valence-corrected chi connectivity index (χ4v) is 1.99. The van der Waals surface area contributed by atoms with Crippen molar-refractivity contribution in [3.8, 4) is 0 Å². The fourth-order valence-electron chi connectivity index (χ4n) is 1.99. The zero-order valence-corrected chi connectivity index (χ0v) is 11.9. The van der Waals surface area contributed by atoms with Gasteiger partial charge >= 0.3 is 6.18 Å². The summed E-state index contributed by atoms with van der Waals surface area (Å²) < 4.78 is 38.5. The third kappa shape index (κ3) is 3.32. The molecule has 0 radical (unpaired) electrons. The number of aromatic nitrogens is 2. The van der Waals surface area contributed by atoms with Crippen molar-refractivity contribution in [2.75, 3.05) is 30.9 Å². The SMILES string of the molecule is CCC1(CNc2nc(N(C)C)cc(C(F)(F)F)n2)CC1. The average molecular weight is 288 g/mol. The van der Waals surface area contributed by atoms with E-state index in [2.05, 4.69) is 22.2 Å².